The van der Waals surface area contributed by atoms with Gasteiger partial charge in [-0.25, -0.2) is 0 Å². The first-order chi connectivity index (χ1) is 9.14. The van der Waals surface area contributed by atoms with Crippen LogP contribution >= 0.6 is 0 Å². The monoisotopic (exact) mass is 270 g/mol. The van der Waals surface area contributed by atoms with Crippen LogP contribution in [0.4, 0.5) is 4.39 Å². The molecule has 1 heteroatoms. The van der Waals surface area contributed by atoms with Crippen LogP contribution in [0.1, 0.15) is 97.8 Å². The topological polar surface area (TPSA) is 0 Å². The molecular weight excluding hydrogens is 235 g/mol. The molecule has 0 aliphatic heterocycles. The quantitative estimate of drug-likeness (QED) is 0.347. The third-order valence-electron chi connectivity index (χ3n) is 5.55. The summed E-state index contributed by atoms with van der Waals surface area (Å²) in [5.74, 6) is 0. The summed E-state index contributed by atoms with van der Waals surface area (Å²) in [4.78, 5) is 0. The first-order valence-corrected chi connectivity index (χ1v) is 8.70. The van der Waals surface area contributed by atoms with Crippen LogP contribution in [0.25, 0.3) is 0 Å². The van der Waals surface area contributed by atoms with Gasteiger partial charge in [-0.1, -0.05) is 72.1 Å². The molecule has 19 heavy (non-hydrogen) atoms. The third-order valence-corrected chi connectivity index (χ3v) is 5.55. The van der Waals surface area contributed by atoms with Crippen LogP contribution in [0.15, 0.2) is 0 Å². The molecule has 0 heterocycles. The van der Waals surface area contributed by atoms with Gasteiger partial charge >= 0.3 is 0 Å². The molecule has 0 N–H and O–H groups in total. The second-order valence-electron chi connectivity index (χ2n) is 7.10. The highest BCUT2D eigenvalue weighted by molar-refractivity contribution is 5.04. The maximum Gasteiger partial charge on any atom is 0.0955 e. The highest BCUT2D eigenvalue weighted by Crippen LogP contribution is 2.62. The molecule has 114 valence electrons. The zero-order valence-corrected chi connectivity index (χ0v) is 13.6. The number of hydrogen-bond donors (Lipinski definition) is 0. The van der Waals surface area contributed by atoms with Crippen molar-refractivity contribution in [2.75, 3.05) is 6.67 Å². The lowest BCUT2D eigenvalue weighted by molar-refractivity contribution is 0.0930. The third kappa shape index (κ3) is 4.76. The molecule has 0 spiro atoms. The van der Waals surface area contributed by atoms with Gasteiger partial charge in [-0.15, -0.1) is 0 Å². The largest absolute Gasteiger partial charge is 0.250 e. The van der Waals surface area contributed by atoms with Gasteiger partial charge < -0.3 is 0 Å². The van der Waals surface area contributed by atoms with Crippen molar-refractivity contribution in [3.8, 4) is 0 Å². The van der Waals surface area contributed by atoms with Crippen LogP contribution in [0.5, 0.6) is 0 Å². The Morgan fingerprint density at radius 2 is 1.32 bits per heavy atom. The minimum absolute atomic E-state index is 0.0748. The van der Waals surface area contributed by atoms with Crippen molar-refractivity contribution in [2.24, 2.45) is 10.8 Å². The van der Waals surface area contributed by atoms with Gasteiger partial charge in [0.25, 0.3) is 0 Å². The highest BCUT2D eigenvalue weighted by atomic mass is 19.1. The second kappa shape index (κ2) is 8.27. The Kier molecular flexibility index (Phi) is 7.39. The van der Waals surface area contributed by atoms with E-state index < -0.39 is 0 Å². The number of alkyl halides is 1. The molecule has 0 saturated heterocycles. The zero-order chi connectivity index (χ0) is 14.2. The SMILES string of the molecule is CCCCCCC(C)(CCCCCC)C1(CF)CC1. The molecular formula is C18H35F. The molecule has 0 aromatic carbocycles. The van der Waals surface area contributed by atoms with Gasteiger partial charge in [-0.05, 0) is 31.1 Å². The van der Waals surface area contributed by atoms with Crippen LogP contribution in [0.3, 0.4) is 0 Å². The van der Waals surface area contributed by atoms with Crippen molar-refractivity contribution in [3.63, 3.8) is 0 Å². The Labute approximate surface area is 120 Å². The van der Waals surface area contributed by atoms with Gasteiger partial charge in [0.2, 0.25) is 0 Å². The predicted molar refractivity (Wildman–Crippen MR) is 83.3 cm³/mol. The summed E-state index contributed by atoms with van der Waals surface area (Å²) >= 11 is 0. The molecule has 0 nitrogen and oxygen atoms in total. The van der Waals surface area contributed by atoms with E-state index in [2.05, 4.69) is 20.8 Å². The van der Waals surface area contributed by atoms with Gasteiger partial charge in [0.05, 0.1) is 6.67 Å². The molecule has 0 unspecified atom stereocenters. The average molecular weight is 270 g/mol. The highest BCUT2D eigenvalue weighted by Gasteiger charge is 2.55. The predicted octanol–water partition coefficient (Wildman–Crippen LogP) is 6.68. The van der Waals surface area contributed by atoms with E-state index in [1.54, 1.807) is 0 Å². The maximum atomic E-state index is 13.5. The van der Waals surface area contributed by atoms with E-state index in [0.29, 0.717) is 0 Å². The van der Waals surface area contributed by atoms with Crippen LogP contribution in [-0.4, -0.2) is 6.67 Å². The van der Waals surface area contributed by atoms with Crippen LogP contribution in [0, 0.1) is 10.8 Å². The minimum Gasteiger partial charge on any atom is -0.250 e. The Balaban J connectivity index is 2.43. The van der Waals surface area contributed by atoms with E-state index in [1.165, 1.54) is 64.2 Å². The number of hydrogen-bond acceptors (Lipinski definition) is 0. The van der Waals surface area contributed by atoms with Gasteiger partial charge in [-0.3, -0.25) is 4.39 Å². The Bertz CT molecular complexity index is 218. The number of rotatable bonds is 12. The van der Waals surface area contributed by atoms with Gasteiger partial charge in [-0.2, -0.15) is 0 Å². The normalized spacial score (nSPS) is 17.7. The molecule has 0 atom stereocenters. The van der Waals surface area contributed by atoms with Crippen LogP contribution in [-0.2, 0) is 0 Å². The first kappa shape index (κ1) is 17.0. The fourth-order valence-corrected chi connectivity index (χ4v) is 3.59. The van der Waals surface area contributed by atoms with Crippen molar-refractivity contribution in [1.29, 1.82) is 0 Å². The van der Waals surface area contributed by atoms with Crippen molar-refractivity contribution in [2.45, 2.75) is 97.8 Å². The summed E-state index contributed by atoms with van der Waals surface area (Å²) in [7, 11) is 0. The lowest BCUT2D eigenvalue weighted by Crippen LogP contribution is -2.31. The van der Waals surface area contributed by atoms with Crippen molar-refractivity contribution in [1.82, 2.24) is 0 Å². The molecule has 1 aliphatic rings. The molecule has 0 bridgehead atoms. The lowest BCUT2D eigenvalue weighted by Gasteiger charge is -2.37. The molecule has 0 amide bonds. The Hall–Kier alpha value is -0.0700. The van der Waals surface area contributed by atoms with E-state index in [4.69, 9.17) is 0 Å². The summed E-state index contributed by atoms with van der Waals surface area (Å²) < 4.78 is 13.5. The standard InChI is InChI=1S/C18H35F/c1-4-6-8-10-12-17(3,13-11-9-7-5-2)18(16-19)14-15-18/h4-16H2,1-3H3. The van der Waals surface area contributed by atoms with E-state index in [-0.39, 0.29) is 17.5 Å². The lowest BCUT2D eigenvalue weighted by atomic mass is 9.68. The summed E-state index contributed by atoms with van der Waals surface area (Å²) in [5.41, 5.74) is 0.356. The average Bonchev–Trinajstić information content (AvgIpc) is 3.21. The molecule has 0 radical (unpaired) electrons. The Morgan fingerprint density at radius 3 is 1.63 bits per heavy atom. The second-order valence-corrected chi connectivity index (χ2v) is 7.10. The molecule has 1 fully saturated rings. The summed E-state index contributed by atoms with van der Waals surface area (Å²) in [6.07, 6.45) is 15.3. The summed E-state index contributed by atoms with van der Waals surface area (Å²) in [5, 5.41) is 0. The minimum atomic E-state index is -0.0783. The van der Waals surface area contributed by atoms with Crippen LogP contribution in [0.2, 0.25) is 0 Å². The van der Waals surface area contributed by atoms with E-state index in [0.717, 1.165) is 12.8 Å². The van der Waals surface area contributed by atoms with E-state index >= 15 is 0 Å². The Morgan fingerprint density at radius 1 is 0.842 bits per heavy atom. The first-order valence-electron chi connectivity index (χ1n) is 8.70. The fourth-order valence-electron chi connectivity index (χ4n) is 3.59. The molecule has 0 aromatic heterocycles. The number of unbranched alkanes of at least 4 members (excludes halogenated alkanes) is 6. The molecule has 0 aromatic rings. The molecule has 1 rings (SSSR count). The fraction of sp³-hybridized carbons (Fsp3) is 1.00. The van der Waals surface area contributed by atoms with Gasteiger partial charge in [0.1, 0.15) is 0 Å². The summed E-state index contributed by atoms with van der Waals surface area (Å²) in [6, 6.07) is 0. The molecule has 1 aliphatic carbocycles. The van der Waals surface area contributed by atoms with Crippen molar-refractivity contribution >= 4 is 0 Å². The van der Waals surface area contributed by atoms with Gasteiger partial charge in [0, 0.05) is 5.41 Å². The molecule has 1 saturated carbocycles. The van der Waals surface area contributed by atoms with Crippen molar-refractivity contribution < 1.29 is 4.39 Å². The smallest absolute Gasteiger partial charge is 0.0955 e. The maximum absolute atomic E-state index is 13.5. The summed E-state index contributed by atoms with van der Waals surface area (Å²) in [6.45, 7) is 6.82. The van der Waals surface area contributed by atoms with Crippen LogP contribution < -0.4 is 0 Å². The number of halogens is 1. The zero-order valence-electron chi connectivity index (χ0n) is 13.6. The van der Waals surface area contributed by atoms with Gasteiger partial charge in [0.15, 0.2) is 0 Å². The van der Waals surface area contributed by atoms with Crippen molar-refractivity contribution in [3.05, 3.63) is 0 Å². The van der Waals surface area contributed by atoms with E-state index in [9.17, 15) is 4.39 Å². The van der Waals surface area contributed by atoms with E-state index in [1.807, 2.05) is 0 Å².